The third kappa shape index (κ3) is 3.62. The predicted molar refractivity (Wildman–Crippen MR) is 115 cm³/mol. The number of aromatic nitrogens is 6. The van der Waals surface area contributed by atoms with Crippen LogP contribution in [0.1, 0.15) is 19.2 Å². The van der Waals surface area contributed by atoms with Gasteiger partial charge in [-0.25, -0.2) is 24.7 Å². The average Bonchev–Trinajstić information content (AvgIpc) is 3.38. The molecule has 32 heavy (non-hydrogen) atoms. The van der Waals surface area contributed by atoms with Gasteiger partial charge in [-0.15, -0.1) is 0 Å². The second-order valence-electron chi connectivity index (χ2n) is 8.07. The maximum Gasteiger partial charge on any atom is 0.320 e. The van der Waals surface area contributed by atoms with Gasteiger partial charge in [-0.3, -0.25) is 0 Å². The van der Waals surface area contributed by atoms with Gasteiger partial charge in [0.05, 0.1) is 31.3 Å². The van der Waals surface area contributed by atoms with Crippen LogP contribution in [0.25, 0.3) is 22.6 Å². The monoisotopic (exact) mass is 438 g/mol. The lowest BCUT2D eigenvalue weighted by atomic mass is 10.2. The van der Waals surface area contributed by atoms with Crippen molar-refractivity contribution in [3.63, 3.8) is 0 Å². The van der Waals surface area contributed by atoms with Gasteiger partial charge in [-0.05, 0) is 13.8 Å². The van der Waals surface area contributed by atoms with E-state index in [4.69, 9.17) is 14.5 Å². The minimum absolute atomic E-state index is 0.0363. The largest absolute Gasteiger partial charge is 0.471 e. The molecule has 168 valence electrons. The number of nitrogens with zero attached hydrogens (tertiary/aromatic N) is 8. The zero-order valence-electron chi connectivity index (χ0n) is 18.4. The van der Waals surface area contributed by atoms with E-state index in [0.717, 1.165) is 17.8 Å². The summed E-state index contributed by atoms with van der Waals surface area (Å²) < 4.78 is 13.5. The van der Waals surface area contributed by atoms with E-state index < -0.39 is 0 Å². The number of hydrogen-bond donors (Lipinski definition) is 0. The summed E-state index contributed by atoms with van der Waals surface area (Å²) >= 11 is 0. The summed E-state index contributed by atoms with van der Waals surface area (Å²) in [7, 11) is 1.67. The van der Waals surface area contributed by atoms with Crippen LogP contribution in [0, 0.1) is 6.92 Å². The summed E-state index contributed by atoms with van der Waals surface area (Å²) in [5, 5.41) is 0. The molecule has 1 atom stereocenters. The molecule has 0 aliphatic carbocycles. The molecule has 0 radical (unpaired) electrons. The SMILES string of the molecule is CCn1c(-c2cnc(C)nc2)nc2c(OC3CCN(C(=O)N4CC(OC)C4)C3)ncnc21. The normalized spacial score (nSPS) is 18.9. The number of carbonyl (C=O) groups is 1. The second kappa shape index (κ2) is 8.30. The van der Waals surface area contributed by atoms with Crippen LogP contribution in [0.5, 0.6) is 5.88 Å². The standard InChI is InChI=1S/C21H26N8O3/c1-4-29-18(14-7-22-13(2)23-8-14)26-17-19(29)24-12-25-20(17)32-15-5-6-27(9-15)21(30)28-10-16(11-28)31-3/h7-8,12,15-16H,4-6,9-11H2,1-3H3. The summed E-state index contributed by atoms with van der Waals surface area (Å²) in [6.45, 7) is 7.02. The fraction of sp³-hybridized carbons (Fsp3) is 0.524. The molecule has 5 heterocycles. The van der Waals surface area contributed by atoms with Crippen molar-refractivity contribution in [2.75, 3.05) is 33.3 Å². The van der Waals surface area contributed by atoms with Crippen LogP contribution in [0.2, 0.25) is 0 Å². The third-order valence-electron chi connectivity index (χ3n) is 6.00. The molecule has 11 nitrogen and oxygen atoms in total. The van der Waals surface area contributed by atoms with E-state index in [0.29, 0.717) is 55.6 Å². The van der Waals surface area contributed by atoms with Gasteiger partial charge in [0.25, 0.3) is 0 Å². The van der Waals surface area contributed by atoms with Crippen LogP contribution in [-0.2, 0) is 11.3 Å². The van der Waals surface area contributed by atoms with Gasteiger partial charge < -0.3 is 23.8 Å². The molecular formula is C21H26N8O3. The zero-order chi connectivity index (χ0) is 22.2. The number of amides is 2. The van der Waals surface area contributed by atoms with E-state index in [2.05, 4.69) is 19.9 Å². The lowest BCUT2D eigenvalue weighted by Crippen LogP contribution is -2.58. The average molecular weight is 438 g/mol. The highest BCUT2D eigenvalue weighted by Gasteiger charge is 2.37. The Morgan fingerprint density at radius 3 is 2.56 bits per heavy atom. The highest BCUT2D eigenvalue weighted by molar-refractivity contribution is 5.81. The lowest BCUT2D eigenvalue weighted by molar-refractivity contribution is -0.0147. The van der Waals surface area contributed by atoms with Crippen LogP contribution in [0.4, 0.5) is 4.79 Å². The molecule has 2 aliphatic heterocycles. The number of hydrogen-bond acceptors (Lipinski definition) is 8. The first-order valence-electron chi connectivity index (χ1n) is 10.8. The Kier molecular flexibility index (Phi) is 5.33. The van der Waals surface area contributed by atoms with Crippen molar-refractivity contribution < 1.29 is 14.3 Å². The maximum absolute atomic E-state index is 12.7. The molecular weight excluding hydrogens is 412 g/mol. The molecule has 0 saturated carbocycles. The molecule has 2 aliphatic rings. The Labute approximate surface area is 185 Å². The molecule has 11 heteroatoms. The van der Waals surface area contributed by atoms with Crippen molar-refractivity contribution in [2.45, 2.75) is 39.0 Å². The van der Waals surface area contributed by atoms with Crippen LogP contribution >= 0.6 is 0 Å². The molecule has 0 N–H and O–H groups in total. The summed E-state index contributed by atoms with van der Waals surface area (Å²) in [6.07, 6.45) is 5.75. The van der Waals surface area contributed by atoms with E-state index in [1.165, 1.54) is 6.33 Å². The number of aryl methyl sites for hydroxylation is 2. The van der Waals surface area contributed by atoms with Crippen LogP contribution < -0.4 is 4.74 Å². The molecule has 1 unspecified atom stereocenters. The van der Waals surface area contributed by atoms with Crippen molar-refractivity contribution in [1.82, 2.24) is 39.3 Å². The first-order valence-corrected chi connectivity index (χ1v) is 10.8. The molecule has 3 aromatic heterocycles. The molecule has 2 amide bonds. The summed E-state index contributed by atoms with van der Waals surface area (Å²) in [4.78, 5) is 38.4. The van der Waals surface area contributed by atoms with E-state index in [1.54, 1.807) is 24.4 Å². The van der Waals surface area contributed by atoms with Gasteiger partial charge in [0.2, 0.25) is 5.88 Å². The molecule has 0 spiro atoms. The molecule has 2 saturated heterocycles. The minimum Gasteiger partial charge on any atom is -0.471 e. The number of carbonyl (C=O) groups excluding carboxylic acids is 1. The molecule has 0 bridgehead atoms. The van der Waals surface area contributed by atoms with E-state index in [-0.39, 0.29) is 18.2 Å². The molecule has 2 fully saturated rings. The number of imidazole rings is 1. The van der Waals surface area contributed by atoms with E-state index in [9.17, 15) is 4.79 Å². The Hall–Kier alpha value is -3.34. The Morgan fingerprint density at radius 1 is 1.09 bits per heavy atom. The van der Waals surface area contributed by atoms with Crippen molar-refractivity contribution in [1.29, 1.82) is 0 Å². The first kappa shape index (κ1) is 20.6. The van der Waals surface area contributed by atoms with Gasteiger partial charge in [0.15, 0.2) is 11.2 Å². The van der Waals surface area contributed by atoms with Crippen molar-refractivity contribution in [3.05, 3.63) is 24.5 Å². The summed E-state index contributed by atoms with van der Waals surface area (Å²) in [5.74, 6) is 1.86. The van der Waals surface area contributed by atoms with Crippen LogP contribution in [0.15, 0.2) is 18.7 Å². The Bertz CT molecular complexity index is 1130. The Morgan fingerprint density at radius 2 is 1.84 bits per heavy atom. The van der Waals surface area contributed by atoms with Crippen LogP contribution in [-0.4, -0.2) is 90.8 Å². The van der Waals surface area contributed by atoms with Crippen molar-refractivity contribution in [3.8, 4) is 17.3 Å². The van der Waals surface area contributed by atoms with E-state index >= 15 is 0 Å². The van der Waals surface area contributed by atoms with Gasteiger partial charge in [-0.2, -0.15) is 4.98 Å². The Balaban J connectivity index is 1.35. The topological polar surface area (TPSA) is 111 Å². The minimum atomic E-state index is -0.144. The number of fused-ring (bicyclic) bond motifs is 1. The quantitative estimate of drug-likeness (QED) is 0.589. The smallest absolute Gasteiger partial charge is 0.320 e. The van der Waals surface area contributed by atoms with Gasteiger partial charge in [0.1, 0.15) is 24.1 Å². The second-order valence-corrected chi connectivity index (χ2v) is 8.07. The lowest BCUT2D eigenvalue weighted by Gasteiger charge is -2.40. The van der Waals surface area contributed by atoms with Crippen molar-refractivity contribution in [2.24, 2.45) is 0 Å². The van der Waals surface area contributed by atoms with Gasteiger partial charge in [0, 0.05) is 39.0 Å². The number of rotatable bonds is 5. The molecule has 5 rings (SSSR count). The van der Waals surface area contributed by atoms with Crippen molar-refractivity contribution >= 4 is 17.2 Å². The number of methoxy groups -OCH3 is 1. The summed E-state index contributed by atoms with van der Waals surface area (Å²) in [5.41, 5.74) is 2.11. The molecule has 3 aromatic rings. The number of ether oxygens (including phenoxy) is 2. The maximum atomic E-state index is 12.7. The number of urea groups is 1. The predicted octanol–water partition coefficient (Wildman–Crippen LogP) is 1.52. The molecule has 0 aromatic carbocycles. The highest BCUT2D eigenvalue weighted by atomic mass is 16.5. The van der Waals surface area contributed by atoms with Gasteiger partial charge in [-0.1, -0.05) is 0 Å². The first-order chi connectivity index (χ1) is 15.6. The van der Waals surface area contributed by atoms with E-state index in [1.807, 2.05) is 23.3 Å². The highest BCUT2D eigenvalue weighted by Crippen LogP contribution is 2.29. The fourth-order valence-corrected chi connectivity index (χ4v) is 4.13. The number of likely N-dealkylation sites (tertiary alicyclic amines) is 2. The zero-order valence-corrected chi connectivity index (χ0v) is 18.4. The fourth-order valence-electron chi connectivity index (χ4n) is 4.13. The third-order valence-corrected chi connectivity index (χ3v) is 6.00. The summed E-state index contributed by atoms with van der Waals surface area (Å²) in [6, 6.07) is 0.0363. The van der Waals surface area contributed by atoms with Gasteiger partial charge >= 0.3 is 6.03 Å². The van der Waals surface area contributed by atoms with Crippen LogP contribution in [0.3, 0.4) is 0 Å².